The van der Waals surface area contributed by atoms with Crippen LogP contribution in [0, 0.1) is 0 Å². The Labute approximate surface area is 267 Å². The van der Waals surface area contributed by atoms with Crippen molar-refractivity contribution >= 4 is 10.9 Å². The molecule has 0 fully saturated rings. The quantitative estimate of drug-likeness (QED) is 0.194. The Balaban J connectivity index is 1.36. The zero-order chi connectivity index (χ0) is 30.7. The first kappa shape index (κ1) is 27.3. The first-order valence-electron chi connectivity index (χ1n) is 15.3. The lowest BCUT2D eigenvalue weighted by Gasteiger charge is -2.16. The van der Waals surface area contributed by atoms with E-state index >= 15 is 0 Å². The van der Waals surface area contributed by atoms with Gasteiger partial charge >= 0.3 is 0 Å². The van der Waals surface area contributed by atoms with Crippen molar-refractivity contribution in [1.29, 1.82) is 0 Å². The molecule has 5 aromatic carbocycles. The molecule has 0 aliphatic rings. The number of nitrogens with zero attached hydrogens (tertiary/aromatic N) is 4. The summed E-state index contributed by atoms with van der Waals surface area (Å²) in [6.45, 7) is 0. The van der Waals surface area contributed by atoms with Gasteiger partial charge in [0, 0.05) is 46.9 Å². The number of hydrogen-bond donors (Lipinski definition) is 0. The fraction of sp³-hybridized carbons (Fsp3) is 0. The minimum Gasteiger partial charge on any atom is -0.265 e. The van der Waals surface area contributed by atoms with Gasteiger partial charge in [-0.2, -0.15) is 0 Å². The molecule has 216 valence electrons. The molecule has 0 saturated heterocycles. The summed E-state index contributed by atoms with van der Waals surface area (Å²) >= 11 is 0. The number of fused-ring (bicyclic) bond motifs is 1. The third-order valence-corrected chi connectivity index (χ3v) is 8.32. The van der Waals surface area contributed by atoms with Crippen molar-refractivity contribution in [3.63, 3.8) is 0 Å². The van der Waals surface area contributed by atoms with E-state index in [4.69, 9.17) is 9.97 Å². The van der Waals surface area contributed by atoms with Crippen LogP contribution in [-0.4, -0.2) is 19.9 Å². The zero-order valence-corrected chi connectivity index (χ0v) is 25.0. The van der Waals surface area contributed by atoms with Gasteiger partial charge in [-0.05, 0) is 75.3 Å². The van der Waals surface area contributed by atoms with E-state index < -0.39 is 0 Å². The third-order valence-electron chi connectivity index (χ3n) is 8.32. The lowest BCUT2D eigenvalue weighted by Crippen LogP contribution is -1.98. The van der Waals surface area contributed by atoms with Crippen LogP contribution in [0.1, 0.15) is 0 Å². The largest absolute Gasteiger partial charge is 0.265 e. The van der Waals surface area contributed by atoms with Gasteiger partial charge in [0.1, 0.15) is 0 Å². The van der Waals surface area contributed by atoms with Crippen LogP contribution in [-0.2, 0) is 0 Å². The molecular formula is C42H28N4. The van der Waals surface area contributed by atoms with Crippen LogP contribution < -0.4 is 0 Å². The smallest absolute Gasteiger partial charge is 0.160 e. The van der Waals surface area contributed by atoms with E-state index in [2.05, 4.69) is 119 Å². The summed E-state index contributed by atoms with van der Waals surface area (Å²) in [5.41, 5.74) is 12.8. The molecule has 0 spiro atoms. The first-order valence-corrected chi connectivity index (χ1v) is 15.3. The van der Waals surface area contributed by atoms with Gasteiger partial charge in [-0.15, -0.1) is 0 Å². The molecule has 0 N–H and O–H groups in total. The van der Waals surface area contributed by atoms with Crippen molar-refractivity contribution in [3.8, 4) is 67.2 Å². The standard InChI is InChI=1S/C42H28N4/c1-3-7-29(8-4-1)37-27-38(34-9-5-2-6-10-34)41-39(28-37)40(35-15-11-30(12-16-35)32-19-23-43-24-20-32)45-42(46-41)36-17-13-31(14-18-36)33-21-25-44-26-22-33/h1-28H. The molecule has 0 atom stereocenters. The molecule has 0 amide bonds. The maximum atomic E-state index is 5.28. The van der Waals surface area contributed by atoms with Gasteiger partial charge in [0.15, 0.2) is 5.82 Å². The van der Waals surface area contributed by atoms with Crippen LogP contribution in [0.3, 0.4) is 0 Å². The Morgan fingerprint density at radius 1 is 0.326 bits per heavy atom. The van der Waals surface area contributed by atoms with Crippen LogP contribution in [0.15, 0.2) is 170 Å². The summed E-state index contributed by atoms with van der Waals surface area (Å²) in [6, 6.07) is 50.7. The van der Waals surface area contributed by atoms with Crippen LogP contribution in [0.5, 0.6) is 0 Å². The molecule has 4 nitrogen and oxygen atoms in total. The number of hydrogen-bond acceptors (Lipinski definition) is 4. The summed E-state index contributed by atoms with van der Waals surface area (Å²) in [5, 5.41) is 1.01. The topological polar surface area (TPSA) is 51.6 Å². The van der Waals surface area contributed by atoms with E-state index in [0.717, 1.165) is 72.2 Å². The fourth-order valence-corrected chi connectivity index (χ4v) is 5.94. The zero-order valence-electron chi connectivity index (χ0n) is 25.0. The van der Waals surface area contributed by atoms with Gasteiger partial charge < -0.3 is 0 Å². The second-order valence-electron chi connectivity index (χ2n) is 11.2. The highest BCUT2D eigenvalue weighted by Gasteiger charge is 2.18. The summed E-state index contributed by atoms with van der Waals surface area (Å²) in [5.74, 6) is 0.687. The predicted octanol–water partition coefficient (Wildman–Crippen LogP) is 10.4. The van der Waals surface area contributed by atoms with Gasteiger partial charge in [0.05, 0.1) is 11.2 Å². The molecule has 0 saturated carbocycles. The Hall–Kier alpha value is -6.26. The van der Waals surface area contributed by atoms with Crippen LogP contribution >= 0.6 is 0 Å². The number of pyridine rings is 2. The first-order chi connectivity index (χ1) is 22.8. The molecule has 0 aliphatic carbocycles. The predicted molar refractivity (Wildman–Crippen MR) is 188 cm³/mol. The summed E-state index contributed by atoms with van der Waals surface area (Å²) < 4.78 is 0. The highest BCUT2D eigenvalue weighted by atomic mass is 14.9. The van der Waals surface area contributed by atoms with Crippen LogP contribution in [0.4, 0.5) is 0 Å². The number of rotatable bonds is 6. The van der Waals surface area contributed by atoms with Crippen molar-refractivity contribution in [2.45, 2.75) is 0 Å². The Bertz CT molecular complexity index is 2250. The molecule has 0 radical (unpaired) electrons. The molecule has 4 heteroatoms. The molecule has 0 unspecified atom stereocenters. The van der Waals surface area contributed by atoms with E-state index in [1.165, 1.54) is 0 Å². The van der Waals surface area contributed by atoms with E-state index in [-0.39, 0.29) is 0 Å². The second kappa shape index (κ2) is 12.0. The molecular weight excluding hydrogens is 560 g/mol. The molecule has 0 aliphatic heterocycles. The Kier molecular flexibility index (Phi) is 7.14. The van der Waals surface area contributed by atoms with E-state index in [0.29, 0.717) is 5.82 Å². The minimum absolute atomic E-state index is 0.687. The van der Waals surface area contributed by atoms with Gasteiger partial charge in [-0.25, -0.2) is 9.97 Å². The highest BCUT2D eigenvalue weighted by molar-refractivity contribution is 6.04. The van der Waals surface area contributed by atoms with Crippen molar-refractivity contribution < 1.29 is 0 Å². The van der Waals surface area contributed by atoms with Gasteiger partial charge in [-0.3, -0.25) is 9.97 Å². The molecule has 8 aromatic rings. The summed E-state index contributed by atoms with van der Waals surface area (Å²) in [4.78, 5) is 18.9. The Morgan fingerprint density at radius 3 is 1.35 bits per heavy atom. The van der Waals surface area contributed by atoms with Crippen molar-refractivity contribution in [1.82, 2.24) is 19.9 Å². The molecule has 3 heterocycles. The molecule has 8 rings (SSSR count). The van der Waals surface area contributed by atoms with Gasteiger partial charge in [0.25, 0.3) is 0 Å². The Morgan fingerprint density at radius 2 is 0.783 bits per heavy atom. The summed E-state index contributed by atoms with van der Waals surface area (Å²) in [6.07, 6.45) is 7.28. The van der Waals surface area contributed by atoms with Gasteiger partial charge in [0.2, 0.25) is 0 Å². The maximum Gasteiger partial charge on any atom is 0.160 e. The number of benzene rings is 5. The normalized spacial score (nSPS) is 11.0. The van der Waals surface area contributed by atoms with Crippen LogP contribution in [0.25, 0.3) is 78.1 Å². The van der Waals surface area contributed by atoms with Gasteiger partial charge in [-0.1, -0.05) is 109 Å². The van der Waals surface area contributed by atoms with Crippen molar-refractivity contribution in [2.75, 3.05) is 0 Å². The van der Waals surface area contributed by atoms with E-state index in [1.54, 1.807) is 0 Å². The SMILES string of the molecule is c1ccc(-c2cc(-c3ccccc3)c3nc(-c4ccc(-c5ccncc5)cc4)nc(-c4ccc(-c5ccncc5)cc4)c3c2)cc1. The lowest BCUT2D eigenvalue weighted by molar-refractivity contribution is 1.23. The number of aromatic nitrogens is 4. The molecule has 46 heavy (non-hydrogen) atoms. The van der Waals surface area contributed by atoms with Crippen LogP contribution in [0.2, 0.25) is 0 Å². The van der Waals surface area contributed by atoms with Crippen molar-refractivity contribution in [3.05, 3.63) is 170 Å². The minimum atomic E-state index is 0.687. The third kappa shape index (κ3) is 5.33. The van der Waals surface area contributed by atoms with E-state index in [9.17, 15) is 0 Å². The average Bonchev–Trinajstić information content (AvgIpc) is 3.15. The second-order valence-corrected chi connectivity index (χ2v) is 11.2. The van der Waals surface area contributed by atoms with Crippen molar-refractivity contribution in [2.24, 2.45) is 0 Å². The monoisotopic (exact) mass is 588 g/mol. The summed E-state index contributed by atoms with van der Waals surface area (Å²) in [7, 11) is 0. The lowest BCUT2D eigenvalue weighted by atomic mass is 9.93. The maximum absolute atomic E-state index is 5.28. The molecule has 3 aromatic heterocycles. The van der Waals surface area contributed by atoms with E-state index in [1.807, 2.05) is 61.2 Å². The average molecular weight is 589 g/mol. The fourth-order valence-electron chi connectivity index (χ4n) is 5.94. The highest BCUT2D eigenvalue weighted by Crippen LogP contribution is 2.39. The molecule has 0 bridgehead atoms.